The zero-order chi connectivity index (χ0) is 45.3. The fourth-order valence-corrected chi connectivity index (χ4v) is 10.3. The number of aromatic nitrogens is 1. The first kappa shape index (κ1) is 46.6. The molecular weight excluding hydrogens is 821 g/mol. The number of hydrogen-bond donors (Lipinski definition) is 0. The van der Waals surface area contributed by atoms with Crippen molar-refractivity contribution in [3.63, 3.8) is 0 Å². The molecule has 0 aliphatic carbocycles. The Bertz CT molecular complexity index is 2410. The number of para-hydroxylation sites is 3. The molecule has 7 rings (SSSR count). The number of allylic oxidation sites excluding steroid dienone is 5. The number of carbonyl (C=O) groups is 3. The molecule has 4 aromatic rings. The molecule has 0 spiro atoms. The van der Waals surface area contributed by atoms with Crippen molar-refractivity contribution in [2.24, 2.45) is 7.05 Å². The molecule has 3 aromatic carbocycles. The largest absolute Gasteiger partial charge is 0.366 e. The van der Waals surface area contributed by atoms with Crippen LogP contribution in [-0.4, -0.2) is 112 Å². The number of unbranched alkanes of at least 4 members (excludes halogenated alkanes) is 2. The van der Waals surface area contributed by atoms with Gasteiger partial charge in [0.2, 0.25) is 5.52 Å². The van der Waals surface area contributed by atoms with E-state index in [1.54, 1.807) is 0 Å². The molecule has 1 aromatic heterocycles. The molecule has 11 nitrogen and oxygen atoms in total. The molecule has 12 heteroatoms. The summed E-state index contributed by atoms with van der Waals surface area (Å²) < 4.78 is 12.0. The highest BCUT2D eigenvalue weighted by atomic mass is 32.1. The van der Waals surface area contributed by atoms with Crippen molar-refractivity contribution in [3.05, 3.63) is 120 Å². The number of anilines is 2. The van der Waals surface area contributed by atoms with Gasteiger partial charge < -0.3 is 28.3 Å². The van der Waals surface area contributed by atoms with Crippen molar-refractivity contribution in [1.82, 2.24) is 5.06 Å². The Morgan fingerprint density at radius 3 is 1.92 bits per heavy atom. The van der Waals surface area contributed by atoms with E-state index in [1.165, 1.54) is 48.9 Å². The highest BCUT2D eigenvalue weighted by Crippen LogP contribution is 2.35. The summed E-state index contributed by atoms with van der Waals surface area (Å²) in [5.74, 6) is -1.45. The minimum Gasteiger partial charge on any atom is -0.366 e. The van der Waals surface area contributed by atoms with Crippen LogP contribution in [-0.2, 0) is 31.0 Å². The second-order valence-corrected chi connectivity index (χ2v) is 19.7. The van der Waals surface area contributed by atoms with Crippen LogP contribution in [0.4, 0.5) is 11.4 Å². The van der Waals surface area contributed by atoms with Gasteiger partial charge in [-0.1, -0.05) is 72.4 Å². The molecule has 2 amide bonds. The molecule has 3 aliphatic rings. The monoisotopic (exact) mass is 887 g/mol. The predicted octanol–water partition coefficient (Wildman–Crippen LogP) is 8.52. The molecular formula is C52H67N6O5S+3. The average Bonchev–Trinajstić information content (AvgIpc) is 3.77. The Hall–Kier alpha value is -5.40. The predicted molar refractivity (Wildman–Crippen MR) is 259 cm³/mol. The van der Waals surface area contributed by atoms with Gasteiger partial charge in [0.25, 0.3) is 16.8 Å². The van der Waals surface area contributed by atoms with Gasteiger partial charge in [-0.15, -0.1) is 5.06 Å². The minimum absolute atomic E-state index is 0.0357. The number of quaternary nitrogens is 2. The normalized spacial score (nSPS) is 16.9. The number of imide groups is 1. The van der Waals surface area contributed by atoms with Gasteiger partial charge in [0.1, 0.15) is 24.8 Å². The number of aryl methyl sites for hydroxylation is 1. The number of hydrogen-bond acceptors (Lipinski definition) is 8. The van der Waals surface area contributed by atoms with E-state index in [9.17, 15) is 14.4 Å². The summed E-state index contributed by atoms with van der Waals surface area (Å²) in [6.07, 6.45) is 18.0. The van der Waals surface area contributed by atoms with Crippen molar-refractivity contribution in [3.8, 4) is 0 Å². The fraction of sp³-hybridized carbons (Fsp3) is 0.423. The molecule has 64 heavy (non-hydrogen) atoms. The van der Waals surface area contributed by atoms with Crippen LogP contribution < -0.4 is 14.4 Å². The smallest absolute Gasteiger partial charge is 0.333 e. The molecule has 338 valence electrons. The Kier molecular flexibility index (Phi) is 15.3. The lowest BCUT2D eigenvalue weighted by molar-refractivity contribution is -0.914. The topological polar surface area (TPSA) is 83.3 Å². The van der Waals surface area contributed by atoms with E-state index in [2.05, 4.69) is 166 Å². The number of amides is 2. The number of nitrogens with zero attached hydrogens (tertiary/aromatic N) is 6. The Balaban J connectivity index is 0.944. The summed E-state index contributed by atoms with van der Waals surface area (Å²) in [6.45, 7) is 8.32. The molecule has 1 atom stereocenters. The van der Waals surface area contributed by atoms with E-state index in [0.29, 0.717) is 18.1 Å². The second kappa shape index (κ2) is 21.1. The summed E-state index contributed by atoms with van der Waals surface area (Å²) in [5.41, 5.74) is 8.76. The van der Waals surface area contributed by atoms with Gasteiger partial charge in [0.15, 0.2) is 6.10 Å². The van der Waals surface area contributed by atoms with Gasteiger partial charge in [0, 0.05) is 98.8 Å². The number of hydroxylamine groups is 2. The quantitative estimate of drug-likeness (QED) is 0.0359. The molecule has 0 bridgehead atoms. The Morgan fingerprint density at radius 2 is 1.31 bits per heavy atom. The van der Waals surface area contributed by atoms with E-state index in [-0.39, 0.29) is 25.4 Å². The molecule has 1 saturated heterocycles. The summed E-state index contributed by atoms with van der Waals surface area (Å²) in [5, 5.41) is 1.85. The number of thiazole rings is 1. The highest BCUT2D eigenvalue weighted by molar-refractivity contribution is 7.18. The first-order chi connectivity index (χ1) is 30.8. The Labute approximate surface area is 383 Å². The maximum atomic E-state index is 12.4. The summed E-state index contributed by atoms with van der Waals surface area (Å²) >= 11 is 1.82. The van der Waals surface area contributed by atoms with Gasteiger partial charge in [-0.3, -0.25) is 9.59 Å². The zero-order valence-electron chi connectivity index (χ0n) is 38.7. The van der Waals surface area contributed by atoms with E-state index >= 15 is 0 Å². The van der Waals surface area contributed by atoms with Crippen LogP contribution in [0, 0.1) is 0 Å². The van der Waals surface area contributed by atoms with E-state index in [0.717, 1.165) is 73.9 Å². The molecule has 4 heterocycles. The van der Waals surface area contributed by atoms with Crippen molar-refractivity contribution in [2.75, 3.05) is 83.9 Å². The van der Waals surface area contributed by atoms with Crippen molar-refractivity contribution in [2.45, 2.75) is 64.4 Å². The van der Waals surface area contributed by atoms with Crippen LogP contribution in [0.1, 0.15) is 74.4 Å². The van der Waals surface area contributed by atoms with E-state index < -0.39 is 17.8 Å². The summed E-state index contributed by atoms with van der Waals surface area (Å²) in [7, 11) is 11.4. The lowest BCUT2D eigenvalue weighted by Crippen LogP contribution is -2.54. The number of benzene rings is 3. The first-order valence-corrected chi connectivity index (χ1v) is 23.8. The van der Waals surface area contributed by atoms with E-state index in [4.69, 9.17) is 9.57 Å². The third kappa shape index (κ3) is 11.8. The van der Waals surface area contributed by atoms with Crippen LogP contribution >= 0.6 is 11.3 Å². The standard InChI is InChI=1S/C52H67N6O5S/c1-7-40-28-32-54(45-21-12-10-19-43(40)45)30-17-34-57(3,4)38-42(62-36-16-8-9-25-52(61)63-56-49(59)26-27-50(56)60)39-58(5,6)35-18-31-55-33-29-41(44-20-11-13-22-46(44)55)37-51-53(2)47-23-14-15-24-48(47)64-51/h7,10-15,19-24,28-29,32-33,37,42H,8-9,16-18,25-27,30-31,34-36,38-39H2,1-6H3/q+3/b40-7+. The van der Waals surface area contributed by atoms with Crippen LogP contribution in [0.25, 0.3) is 27.4 Å². The number of carbonyl (C=O) groups excluding carboxylic acids is 3. The zero-order valence-corrected chi connectivity index (χ0v) is 39.5. The lowest BCUT2D eigenvalue weighted by atomic mass is 9.99. The highest BCUT2D eigenvalue weighted by Gasteiger charge is 2.33. The molecule has 0 N–H and O–H groups in total. The number of rotatable bonds is 21. The average molecular weight is 888 g/mol. The van der Waals surface area contributed by atoms with E-state index in [1.807, 2.05) is 11.3 Å². The van der Waals surface area contributed by atoms with Gasteiger partial charge in [-0.25, -0.2) is 4.79 Å². The molecule has 3 aliphatic heterocycles. The van der Waals surface area contributed by atoms with Crippen LogP contribution in [0.5, 0.6) is 0 Å². The van der Waals surface area contributed by atoms with Crippen LogP contribution in [0.3, 0.4) is 0 Å². The minimum atomic E-state index is -0.548. The molecule has 0 saturated carbocycles. The summed E-state index contributed by atoms with van der Waals surface area (Å²) in [6, 6.07) is 26.0. The van der Waals surface area contributed by atoms with Crippen LogP contribution in [0.2, 0.25) is 0 Å². The van der Waals surface area contributed by atoms with Crippen LogP contribution in [0.15, 0.2) is 103 Å². The van der Waals surface area contributed by atoms with Gasteiger partial charge in [-0.05, 0) is 61.3 Å². The SMILES string of the molecule is C/C=C1\C=CN(CCC[N+](C)(C)CC(C[N+](C)(C)CCCN2C=C/C(=C\c3sc4ccccc4[n+]3C)c3ccccc32)OCCCCCC(=O)ON2C(=O)CCC2=O)c2ccccc21. The van der Waals surface area contributed by atoms with Gasteiger partial charge in [0.05, 0.1) is 41.3 Å². The number of fused-ring (bicyclic) bond motifs is 3. The maximum absolute atomic E-state index is 12.4. The summed E-state index contributed by atoms with van der Waals surface area (Å²) in [4.78, 5) is 45.9. The lowest BCUT2D eigenvalue weighted by Gasteiger charge is -2.38. The molecule has 1 fully saturated rings. The first-order valence-electron chi connectivity index (χ1n) is 23.0. The third-order valence-corrected chi connectivity index (χ3v) is 13.7. The maximum Gasteiger partial charge on any atom is 0.333 e. The van der Waals surface area contributed by atoms with Crippen molar-refractivity contribution < 1.29 is 37.5 Å². The third-order valence-electron chi connectivity index (χ3n) is 12.6. The second-order valence-electron chi connectivity index (χ2n) is 18.6. The number of likely N-dealkylation sites (N-methyl/N-ethyl adjacent to an activating group) is 2. The Morgan fingerprint density at radius 1 is 0.750 bits per heavy atom. The number of ether oxygens (including phenoxy) is 1. The van der Waals surface area contributed by atoms with Crippen molar-refractivity contribution in [1.29, 1.82) is 0 Å². The fourth-order valence-electron chi connectivity index (χ4n) is 9.15. The molecule has 1 unspecified atom stereocenters. The van der Waals surface area contributed by atoms with Crippen molar-refractivity contribution >= 4 is 67.9 Å². The van der Waals surface area contributed by atoms with Gasteiger partial charge >= 0.3 is 5.97 Å². The molecule has 0 radical (unpaired) electrons. The van der Waals surface area contributed by atoms with Gasteiger partial charge in [-0.2, -0.15) is 4.57 Å².